The molecule has 2 N–H and O–H groups in total. The van der Waals surface area contributed by atoms with Crippen LogP contribution in [-0.4, -0.2) is 44.4 Å². The molecule has 162 valence electrons. The van der Waals surface area contributed by atoms with Gasteiger partial charge in [-0.05, 0) is 55.5 Å². The molecule has 1 aliphatic rings. The number of carbonyl (C=O) groups excluding carboxylic acids is 3. The minimum Gasteiger partial charge on any atom is -0.444 e. The Morgan fingerprint density at radius 1 is 1.24 bits per heavy atom. The van der Waals surface area contributed by atoms with Crippen molar-refractivity contribution in [2.45, 2.75) is 72.6 Å². The number of Topliss-reactive ketones (excluding diaryl/α,β-unsaturated/α-hetero) is 1. The SMILES string of the molecule is CC(C)C[C@H](CC(=O)c1nc(Br)n2c1CN(C(=O)OC(C)(C)C)CCC2)C(N)=O. The maximum absolute atomic E-state index is 13.0. The van der Waals surface area contributed by atoms with E-state index in [-0.39, 0.29) is 30.4 Å². The summed E-state index contributed by atoms with van der Waals surface area (Å²) in [5, 5.41) is 0. The third-order valence-electron chi connectivity index (χ3n) is 4.68. The first kappa shape index (κ1) is 23.4. The highest BCUT2D eigenvalue weighted by molar-refractivity contribution is 9.10. The third kappa shape index (κ3) is 6.29. The number of nitrogens with two attached hydrogens (primary N) is 1. The molecule has 8 nitrogen and oxygen atoms in total. The molecule has 2 heterocycles. The van der Waals surface area contributed by atoms with Gasteiger partial charge in [0.1, 0.15) is 11.3 Å². The maximum atomic E-state index is 13.0. The molecule has 0 unspecified atom stereocenters. The van der Waals surface area contributed by atoms with Crippen LogP contribution >= 0.6 is 15.9 Å². The van der Waals surface area contributed by atoms with Crippen LogP contribution in [0.15, 0.2) is 4.73 Å². The lowest BCUT2D eigenvalue weighted by Crippen LogP contribution is -2.36. The zero-order chi connectivity index (χ0) is 21.9. The van der Waals surface area contributed by atoms with Gasteiger partial charge in [-0.1, -0.05) is 13.8 Å². The number of carbonyl (C=O) groups is 3. The quantitative estimate of drug-likeness (QED) is 0.639. The molecule has 9 heteroatoms. The van der Waals surface area contributed by atoms with Crippen molar-refractivity contribution in [1.29, 1.82) is 0 Å². The third-order valence-corrected chi connectivity index (χ3v) is 5.29. The summed E-state index contributed by atoms with van der Waals surface area (Å²) >= 11 is 3.42. The smallest absolute Gasteiger partial charge is 0.410 e. The van der Waals surface area contributed by atoms with Gasteiger partial charge in [0.15, 0.2) is 10.5 Å². The molecule has 0 fully saturated rings. The summed E-state index contributed by atoms with van der Waals surface area (Å²) in [5.41, 5.74) is 5.83. The van der Waals surface area contributed by atoms with Crippen LogP contribution in [0.4, 0.5) is 4.79 Å². The number of rotatable bonds is 6. The molecule has 0 saturated heterocycles. The van der Waals surface area contributed by atoms with E-state index in [0.29, 0.717) is 36.4 Å². The van der Waals surface area contributed by atoms with Gasteiger partial charge in [-0.2, -0.15) is 0 Å². The van der Waals surface area contributed by atoms with E-state index < -0.39 is 23.5 Å². The molecule has 1 aliphatic heterocycles. The molecule has 1 aromatic rings. The summed E-state index contributed by atoms with van der Waals surface area (Å²) < 4.78 is 7.94. The topological polar surface area (TPSA) is 108 Å². The molecule has 0 saturated carbocycles. The number of hydrogen-bond donors (Lipinski definition) is 1. The number of nitrogens with zero attached hydrogens (tertiary/aromatic N) is 3. The monoisotopic (exact) mass is 470 g/mol. The lowest BCUT2D eigenvalue weighted by molar-refractivity contribution is -0.122. The van der Waals surface area contributed by atoms with Crippen molar-refractivity contribution >= 4 is 33.7 Å². The molecule has 2 rings (SSSR count). The number of ether oxygens (including phenoxy) is 1. The summed E-state index contributed by atoms with van der Waals surface area (Å²) in [4.78, 5) is 43.3. The van der Waals surface area contributed by atoms with Gasteiger partial charge in [-0.15, -0.1) is 0 Å². The fourth-order valence-corrected chi connectivity index (χ4v) is 3.99. The standard InChI is InChI=1S/C20H31BrN4O4/c1-12(2)9-13(17(22)27)10-15(26)16-14-11-24(19(28)29-20(3,4)5)7-6-8-25(14)18(21)23-16/h12-13H,6-11H2,1-5H3,(H2,22,27)/t13-/m1/s1. The second kappa shape index (κ2) is 9.28. The number of hydrogen-bond acceptors (Lipinski definition) is 5. The van der Waals surface area contributed by atoms with E-state index in [1.54, 1.807) is 4.90 Å². The molecule has 1 atom stereocenters. The van der Waals surface area contributed by atoms with Crippen molar-refractivity contribution in [3.63, 3.8) is 0 Å². The molecule has 0 aliphatic carbocycles. The lowest BCUT2D eigenvalue weighted by atomic mass is 9.91. The Kier molecular flexibility index (Phi) is 7.48. The maximum Gasteiger partial charge on any atom is 0.410 e. The van der Waals surface area contributed by atoms with E-state index in [2.05, 4.69) is 20.9 Å². The summed E-state index contributed by atoms with van der Waals surface area (Å²) in [6.45, 7) is 10.8. The normalized spacial score (nSPS) is 15.6. The van der Waals surface area contributed by atoms with Crippen molar-refractivity contribution in [3.05, 3.63) is 16.1 Å². The van der Waals surface area contributed by atoms with Crippen LogP contribution in [0.1, 0.15) is 70.1 Å². The van der Waals surface area contributed by atoms with Crippen LogP contribution in [-0.2, 0) is 22.6 Å². The van der Waals surface area contributed by atoms with E-state index in [4.69, 9.17) is 10.5 Å². The predicted molar refractivity (Wildman–Crippen MR) is 112 cm³/mol. The van der Waals surface area contributed by atoms with Gasteiger partial charge < -0.3 is 19.9 Å². The largest absolute Gasteiger partial charge is 0.444 e. The molecular formula is C20H31BrN4O4. The number of imidazole rings is 1. The Balaban J connectivity index is 2.27. The van der Waals surface area contributed by atoms with Gasteiger partial charge in [0.2, 0.25) is 5.91 Å². The second-order valence-electron chi connectivity index (χ2n) is 8.94. The number of ketones is 1. The summed E-state index contributed by atoms with van der Waals surface area (Å²) in [6, 6.07) is 0. The van der Waals surface area contributed by atoms with Gasteiger partial charge in [-0.3, -0.25) is 9.59 Å². The van der Waals surface area contributed by atoms with Gasteiger partial charge in [0, 0.05) is 25.4 Å². The number of aromatic nitrogens is 2. The van der Waals surface area contributed by atoms with Crippen LogP contribution in [0.3, 0.4) is 0 Å². The lowest BCUT2D eigenvalue weighted by Gasteiger charge is -2.26. The van der Waals surface area contributed by atoms with Crippen molar-refractivity contribution in [1.82, 2.24) is 14.5 Å². The molecule has 1 aromatic heterocycles. The number of primary amides is 1. The van der Waals surface area contributed by atoms with Gasteiger partial charge in [-0.25, -0.2) is 9.78 Å². The van der Waals surface area contributed by atoms with E-state index in [1.807, 2.05) is 39.2 Å². The van der Waals surface area contributed by atoms with Crippen LogP contribution in [0, 0.1) is 11.8 Å². The fraction of sp³-hybridized carbons (Fsp3) is 0.700. The predicted octanol–water partition coefficient (Wildman–Crippen LogP) is 3.51. The van der Waals surface area contributed by atoms with Crippen LogP contribution < -0.4 is 5.73 Å². The fourth-order valence-electron chi connectivity index (χ4n) is 3.42. The molecular weight excluding hydrogens is 440 g/mol. The van der Waals surface area contributed by atoms with Gasteiger partial charge in [0.05, 0.1) is 12.2 Å². The highest BCUT2D eigenvalue weighted by atomic mass is 79.9. The molecule has 0 bridgehead atoms. The molecule has 0 spiro atoms. The van der Waals surface area contributed by atoms with Gasteiger partial charge >= 0.3 is 6.09 Å². The van der Waals surface area contributed by atoms with E-state index in [0.717, 1.165) is 0 Å². The minimum absolute atomic E-state index is 0.0103. The van der Waals surface area contributed by atoms with Crippen LogP contribution in [0.2, 0.25) is 0 Å². The Bertz CT molecular complexity index is 782. The van der Waals surface area contributed by atoms with Crippen molar-refractivity contribution < 1.29 is 19.1 Å². The average Bonchev–Trinajstić information content (AvgIpc) is 2.76. The summed E-state index contributed by atoms with van der Waals surface area (Å²) in [6.07, 6.45) is 0.849. The first-order chi connectivity index (χ1) is 13.4. The van der Waals surface area contributed by atoms with Crippen LogP contribution in [0.5, 0.6) is 0 Å². The van der Waals surface area contributed by atoms with Crippen molar-refractivity contribution in [2.24, 2.45) is 17.6 Å². The first-order valence-electron chi connectivity index (χ1n) is 9.94. The Morgan fingerprint density at radius 3 is 2.45 bits per heavy atom. The highest BCUT2D eigenvalue weighted by Gasteiger charge is 2.31. The van der Waals surface area contributed by atoms with Gasteiger partial charge in [0.25, 0.3) is 0 Å². The van der Waals surface area contributed by atoms with E-state index >= 15 is 0 Å². The average molecular weight is 471 g/mol. The molecule has 0 radical (unpaired) electrons. The minimum atomic E-state index is -0.603. The van der Waals surface area contributed by atoms with Crippen molar-refractivity contribution in [2.75, 3.05) is 6.54 Å². The summed E-state index contributed by atoms with van der Waals surface area (Å²) in [7, 11) is 0. The Labute approximate surface area is 180 Å². The van der Waals surface area contributed by atoms with Crippen molar-refractivity contribution in [3.8, 4) is 0 Å². The zero-order valence-electron chi connectivity index (χ0n) is 17.8. The van der Waals surface area contributed by atoms with E-state index in [9.17, 15) is 14.4 Å². The number of amides is 2. The first-order valence-corrected chi connectivity index (χ1v) is 10.7. The van der Waals surface area contributed by atoms with Crippen LogP contribution in [0.25, 0.3) is 0 Å². The van der Waals surface area contributed by atoms with E-state index in [1.165, 1.54) is 0 Å². The summed E-state index contributed by atoms with van der Waals surface area (Å²) in [5.74, 6) is -1.01. The number of fused-ring (bicyclic) bond motifs is 1. The second-order valence-corrected chi connectivity index (χ2v) is 9.65. The highest BCUT2D eigenvalue weighted by Crippen LogP contribution is 2.26. The zero-order valence-corrected chi connectivity index (χ0v) is 19.4. The number of halogens is 1. The molecule has 29 heavy (non-hydrogen) atoms. The Morgan fingerprint density at radius 2 is 1.90 bits per heavy atom. The Hall–Kier alpha value is -1.90. The molecule has 0 aromatic carbocycles. The molecule has 2 amide bonds.